The number of aromatic nitrogens is 3. The van der Waals surface area contributed by atoms with Gasteiger partial charge in [-0.3, -0.25) is 38.4 Å². The van der Waals surface area contributed by atoms with Crippen molar-refractivity contribution in [2.75, 3.05) is 39.6 Å². The number of pyridine rings is 3. The quantitative estimate of drug-likeness (QED) is 0.0336. The Morgan fingerprint density at radius 3 is 1.51 bits per heavy atom. The number of carboxylic acid groups (broad SMARTS) is 1. The van der Waals surface area contributed by atoms with Gasteiger partial charge < -0.3 is 74.8 Å². The normalized spacial score (nSPS) is 11.3. The summed E-state index contributed by atoms with van der Waals surface area (Å²) in [4.78, 5) is 122. The van der Waals surface area contributed by atoms with Crippen LogP contribution in [0, 0.1) is 20.8 Å². The molecule has 3 aromatic heterocycles. The topological polar surface area (TPSA) is 332 Å². The number of carbonyl (C=O) groups is 6. The maximum Gasteiger partial charge on any atom is 0.251 e. The molecule has 8 N–H and O–H groups in total. The Bertz CT molecular complexity index is 3850. The fourth-order valence-electron chi connectivity index (χ4n) is 10.2. The number of benzene rings is 3. The lowest BCUT2D eigenvalue weighted by Crippen LogP contribution is -2.51. The van der Waals surface area contributed by atoms with Crippen molar-refractivity contribution in [1.29, 1.82) is 0 Å². The van der Waals surface area contributed by atoms with Crippen LogP contribution in [0.15, 0.2) is 91.6 Å². The van der Waals surface area contributed by atoms with E-state index in [1.54, 1.807) is 41.9 Å². The van der Waals surface area contributed by atoms with Crippen LogP contribution in [0.3, 0.4) is 0 Å². The average molecular weight is 1180 g/mol. The van der Waals surface area contributed by atoms with Crippen LogP contribution < -0.4 is 62.8 Å². The Labute approximate surface area is 494 Å². The largest absolute Gasteiger partial charge is 0.545 e. The molecule has 0 spiro atoms. The van der Waals surface area contributed by atoms with Crippen LogP contribution in [-0.4, -0.2) is 105 Å². The van der Waals surface area contributed by atoms with Gasteiger partial charge in [0.25, 0.3) is 5.91 Å². The molecule has 86 heavy (non-hydrogen) atoms. The molecule has 2 aromatic carbocycles. The lowest BCUT2D eigenvalue weighted by molar-refractivity contribution is -0.255. The van der Waals surface area contributed by atoms with Crippen LogP contribution in [-0.2, 0) is 60.0 Å². The molecule has 0 saturated heterocycles. The summed E-state index contributed by atoms with van der Waals surface area (Å²) >= 11 is 0. The minimum atomic E-state index is -1.55. The molecule has 0 bridgehead atoms. The number of carbonyl (C=O) groups excluding carboxylic acids is 6. The van der Waals surface area contributed by atoms with Crippen molar-refractivity contribution >= 4 is 52.2 Å². The zero-order valence-corrected chi connectivity index (χ0v) is 49.8. The van der Waals surface area contributed by atoms with Crippen molar-refractivity contribution in [2.24, 2.45) is 21.1 Å². The summed E-state index contributed by atoms with van der Waals surface area (Å²) in [6, 6.07) is 18.7. The number of amides is 5. The molecule has 24 heteroatoms. The highest BCUT2D eigenvalue weighted by Gasteiger charge is 2.34. The number of hydrogen-bond acceptors (Lipinski definition) is 15. The number of anilines is 1. The second-order valence-electron chi connectivity index (χ2n) is 21.9. The molecule has 0 radical (unpaired) electrons. The van der Waals surface area contributed by atoms with Crippen molar-refractivity contribution in [3.05, 3.63) is 154 Å². The molecule has 0 unspecified atom stereocenters. The summed E-state index contributed by atoms with van der Waals surface area (Å²) in [6.07, 6.45) is -2.00. The number of fused-ring (bicyclic) bond motifs is 2. The summed E-state index contributed by atoms with van der Waals surface area (Å²) < 4.78 is 12.9. The zero-order chi connectivity index (χ0) is 63.1. The first-order valence-corrected chi connectivity index (χ1v) is 27.7. The Balaban J connectivity index is 1.18. The molecular weight excluding hydrogens is 1110 g/mol. The highest BCUT2D eigenvalue weighted by molar-refractivity contribution is 6.09. The Morgan fingerprint density at radius 1 is 0.593 bits per heavy atom. The maximum atomic E-state index is 14.4. The molecule has 24 nitrogen and oxygen atoms in total. The molecule has 7 rings (SSSR count). The molecule has 0 atom stereocenters. The number of aryl methyl sites for hydroxylation is 3. The second kappa shape index (κ2) is 26.7. The van der Waals surface area contributed by atoms with Crippen molar-refractivity contribution in [1.82, 2.24) is 44.9 Å². The first kappa shape index (κ1) is 63.6. The van der Waals surface area contributed by atoms with Gasteiger partial charge in [-0.15, -0.1) is 0 Å². The summed E-state index contributed by atoms with van der Waals surface area (Å²) in [6.45, 7) is 3.84. The van der Waals surface area contributed by atoms with Crippen molar-refractivity contribution in [2.45, 2.75) is 90.9 Å². The van der Waals surface area contributed by atoms with E-state index in [0.29, 0.717) is 44.9 Å². The SMILES string of the molecule is Cc1cc(=O)c(O)c(CNC(=O)CCC(CCC(=O)NCc2c(O)c(=O)cc(C)n2C)(CCC(=O)NCc2c(O)c(=O)cc(C)n2C)NC(=O)CCNC(=O)c2ccc(C(=O)[O-])c(-c3c4ccc(=[N+](C)C)cc-4oc4cc(N(C)C)ccc34)c2)n1C. The monoisotopic (exact) mass is 1180 g/mol. The van der Waals surface area contributed by atoms with Crippen molar-refractivity contribution in [3.8, 4) is 39.7 Å². The van der Waals surface area contributed by atoms with E-state index in [0.717, 1.165) is 11.0 Å². The molecular formula is C62H72N10O14. The first-order chi connectivity index (χ1) is 40.6. The molecule has 0 saturated carbocycles. The van der Waals surface area contributed by atoms with Gasteiger partial charge >= 0.3 is 0 Å². The number of carboxylic acids is 1. The van der Waals surface area contributed by atoms with E-state index < -0.39 is 74.6 Å². The second-order valence-corrected chi connectivity index (χ2v) is 21.9. The van der Waals surface area contributed by atoms with Crippen LogP contribution >= 0.6 is 0 Å². The number of nitrogens with zero attached hydrogens (tertiary/aromatic N) is 5. The van der Waals surface area contributed by atoms with E-state index in [1.807, 2.05) is 74.1 Å². The minimum absolute atomic E-state index is 0.0388. The van der Waals surface area contributed by atoms with E-state index in [1.165, 1.54) is 50.1 Å². The molecule has 5 aromatic rings. The Morgan fingerprint density at radius 2 is 1.07 bits per heavy atom. The molecule has 454 valence electrons. The number of aromatic hydroxyl groups is 3. The van der Waals surface area contributed by atoms with E-state index >= 15 is 0 Å². The lowest BCUT2D eigenvalue weighted by atomic mass is 9.83. The predicted molar refractivity (Wildman–Crippen MR) is 319 cm³/mol. The van der Waals surface area contributed by atoms with Crippen LogP contribution in [0.5, 0.6) is 17.2 Å². The smallest absolute Gasteiger partial charge is 0.251 e. The van der Waals surface area contributed by atoms with Crippen molar-refractivity contribution in [3.63, 3.8) is 0 Å². The van der Waals surface area contributed by atoms with Crippen LogP contribution in [0.25, 0.3) is 33.4 Å². The van der Waals surface area contributed by atoms with Gasteiger partial charge in [-0.05, 0) is 75.9 Å². The summed E-state index contributed by atoms with van der Waals surface area (Å²) in [5.41, 5.74) is 0.661. The first-order valence-electron chi connectivity index (χ1n) is 27.7. The third kappa shape index (κ3) is 14.5. The average Bonchev–Trinajstić information content (AvgIpc) is 1.59. The fourth-order valence-corrected chi connectivity index (χ4v) is 10.2. The summed E-state index contributed by atoms with van der Waals surface area (Å²) in [5.74, 6) is -5.91. The Kier molecular flexibility index (Phi) is 19.7. The zero-order valence-electron chi connectivity index (χ0n) is 49.8. The number of nitrogens with one attached hydrogen (secondary N) is 5. The predicted octanol–water partition coefficient (Wildman–Crippen LogP) is 2.07. The number of rotatable bonds is 23. The van der Waals surface area contributed by atoms with Gasteiger partial charge in [0.15, 0.2) is 17.2 Å². The van der Waals surface area contributed by atoms with Crippen LogP contribution in [0.2, 0.25) is 0 Å². The van der Waals surface area contributed by atoms with Gasteiger partial charge in [-0.1, -0.05) is 6.07 Å². The third-order valence-electron chi connectivity index (χ3n) is 15.7. The van der Waals surface area contributed by atoms with E-state index in [-0.39, 0.29) is 105 Å². The van der Waals surface area contributed by atoms with E-state index in [4.69, 9.17) is 4.42 Å². The van der Waals surface area contributed by atoms with Gasteiger partial charge in [-0.25, -0.2) is 4.58 Å². The molecule has 1 aliphatic carbocycles. The van der Waals surface area contributed by atoms with Gasteiger partial charge in [0.05, 0.1) is 48.8 Å². The lowest BCUT2D eigenvalue weighted by Gasteiger charge is -2.35. The van der Waals surface area contributed by atoms with Gasteiger partial charge in [0.2, 0.25) is 45.3 Å². The number of hydrogen-bond donors (Lipinski definition) is 8. The van der Waals surface area contributed by atoms with E-state index in [9.17, 15) is 63.6 Å². The standard InChI is InChI=1S/C62H72N10O14/c1-34-25-47(73)57(80)44(70(34)8)31-64-52(76)17-21-62(22-18-53(77)65-32-45-58(81)48(74)26-35(2)71(45)9,23-19-54(78)66-33-46-59(82)49(75)27-36(3)72(46)10)67-55(79)20-24-63-60(83)37-11-14-40(61(84)85)43(28-37)56-41-15-12-38(68(4)5)29-50(41)86-51-30-39(69(6)7)13-16-42(51)56/h11-16,25-30H,17-24,31-33H2,1-10H3,(H8-,63,64,65,66,67,76,77,78,79,80,81,82,83,84,85). The fraction of sp³-hybridized carbons (Fsp3) is 0.355. The maximum absolute atomic E-state index is 14.4. The summed E-state index contributed by atoms with van der Waals surface area (Å²) in [7, 11) is 12.3. The Hall–Kier alpha value is -10.0. The highest BCUT2D eigenvalue weighted by atomic mass is 16.4. The van der Waals surface area contributed by atoms with E-state index in [2.05, 4.69) is 26.6 Å². The van der Waals surface area contributed by atoms with Crippen LogP contribution in [0.1, 0.15) is 99.8 Å². The third-order valence-corrected chi connectivity index (χ3v) is 15.7. The minimum Gasteiger partial charge on any atom is -0.545 e. The van der Waals surface area contributed by atoms with Gasteiger partial charge in [0.1, 0.15) is 25.4 Å². The van der Waals surface area contributed by atoms with Crippen molar-refractivity contribution < 1.29 is 53.6 Å². The molecule has 1 aliphatic heterocycles. The molecule has 5 amide bonds. The van der Waals surface area contributed by atoms with Crippen LogP contribution in [0.4, 0.5) is 5.69 Å². The number of aromatic carboxylic acids is 1. The van der Waals surface area contributed by atoms with Gasteiger partial charge in [-0.2, -0.15) is 0 Å². The summed E-state index contributed by atoms with van der Waals surface area (Å²) in [5, 5.41) is 59.8. The molecule has 2 aliphatic rings. The molecule has 4 heterocycles. The molecule has 0 fully saturated rings. The highest BCUT2D eigenvalue weighted by Crippen LogP contribution is 2.42. The van der Waals surface area contributed by atoms with Gasteiger partial charge in [0, 0.05) is 154 Å².